The van der Waals surface area contributed by atoms with E-state index in [0.717, 1.165) is 5.69 Å². The fourth-order valence-corrected chi connectivity index (χ4v) is 2.57. The number of nitrogens with one attached hydrogen (secondary N) is 1. The summed E-state index contributed by atoms with van der Waals surface area (Å²) in [5.74, 6) is 0.446. The molecule has 0 atom stereocenters. The van der Waals surface area contributed by atoms with Crippen molar-refractivity contribution in [2.75, 3.05) is 5.32 Å². The molecule has 112 valence electrons. The molecule has 0 unspecified atom stereocenters. The third-order valence-electron chi connectivity index (χ3n) is 2.70. The van der Waals surface area contributed by atoms with E-state index in [-0.39, 0.29) is 0 Å². The average molecular weight is 341 g/mol. The number of anilines is 2. The Kier molecular flexibility index (Phi) is 4.66. The number of halogens is 1. The van der Waals surface area contributed by atoms with Crippen molar-refractivity contribution >= 4 is 35.0 Å². The van der Waals surface area contributed by atoms with Crippen LogP contribution in [-0.2, 0) is 0 Å². The van der Waals surface area contributed by atoms with Gasteiger partial charge in [-0.05, 0) is 48.2 Å². The van der Waals surface area contributed by atoms with Crippen molar-refractivity contribution < 1.29 is 0 Å². The first-order valence-corrected chi connectivity index (χ1v) is 7.69. The minimum atomic E-state index is 0.382. The maximum Gasteiger partial charge on any atom is 0.228 e. The first kappa shape index (κ1) is 15.2. The van der Waals surface area contributed by atoms with E-state index in [4.69, 9.17) is 16.9 Å². The molecule has 2 heterocycles. The highest BCUT2D eigenvalue weighted by molar-refractivity contribution is 7.99. The molecule has 0 spiro atoms. The molecule has 0 aliphatic carbocycles. The second-order valence-corrected chi connectivity index (χ2v) is 5.67. The molecule has 0 fully saturated rings. The standard InChI is InChI=1S/C15H9ClN6S/c16-12-5-7-19-15(21-12)23-13-6-8-18-14(22-13)20-11-3-1-10(9-17)2-4-11/h1-8H,(H,18,20,22). The van der Waals surface area contributed by atoms with E-state index < -0.39 is 0 Å². The average Bonchev–Trinajstić information content (AvgIpc) is 2.56. The van der Waals surface area contributed by atoms with Crippen molar-refractivity contribution in [2.45, 2.75) is 10.2 Å². The molecule has 0 saturated heterocycles. The molecule has 1 N–H and O–H groups in total. The lowest BCUT2D eigenvalue weighted by Gasteiger charge is -2.06. The number of aromatic nitrogens is 4. The van der Waals surface area contributed by atoms with Crippen LogP contribution in [0, 0.1) is 11.3 Å². The highest BCUT2D eigenvalue weighted by Crippen LogP contribution is 2.24. The Labute approximate surface area is 141 Å². The van der Waals surface area contributed by atoms with E-state index in [1.807, 2.05) is 0 Å². The van der Waals surface area contributed by atoms with Crippen LogP contribution in [0.1, 0.15) is 5.56 Å². The molecule has 23 heavy (non-hydrogen) atoms. The molecule has 6 nitrogen and oxygen atoms in total. The number of hydrogen-bond acceptors (Lipinski definition) is 7. The van der Waals surface area contributed by atoms with Gasteiger partial charge in [-0.3, -0.25) is 0 Å². The maximum atomic E-state index is 8.80. The van der Waals surface area contributed by atoms with Gasteiger partial charge < -0.3 is 5.32 Å². The lowest BCUT2D eigenvalue weighted by molar-refractivity contribution is 0.957. The van der Waals surface area contributed by atoms with Gasteiger partial charge in [0.15, 0.2) is 5.16 Å². The van der Waals surface area contributed by atoms with E-state index >= 15 is 0 Å². The highest BCUT2D eigenvalue weighted by atomic mass is 35.5. The molecule has 0 bridgehead atoms. The highest BCUT2D eigenvalue weighted by Gasteiger charge is 2.05. The van der Waals surface area contributed by atoms with Gasteiger partial charge >= 0.3 is 0 Å². The Morgan fingerprint density at radius 2 is 1.78 bits per heavy atom. The summed E-state index contributed by atoms with van der Waals surface area (Å²) in [5, 5.41) is 13.5. The number of nitriles is 1. The second-order valence-electron chi connectivity index (χ2n) is 4.30. The molecule has 0 aliphatic heterocycles. The summed E-state index contributed by atoms with van der Waals surface area (Å²) < 4.78 is 0. The van der Waals surface area contributed by atoms with Gasteiger partial charge in [0, 0.05) is 18.1 Å². The fourth-order valence-electron chi connectivity index (χ4n) is 1.68. The molecule has 0 aliphatic rings. The molecule has 0 saturated carbocycles. The summed E-state index contributed by atoms with van der Waals surface area (Å²) in [7, 11) is 0. The zero-order valence-electron chi connectivity index (χ0n) is 11.6. The third kappa shape index (κ3) is 4.16. The smallest absolute Gasteiger partial charge is 0.228 e. The van der Waals surface area contributed by atoms with Gasteiger partial charge in [0.05, 0.1) is 11.6 Å². The van der Waals surface area contributed by atoms with Crippen LogP contribution in [0.2, 0.25) is 5.15 Å². The summed E-state index contributed by atoms with van der Waals surface area (Å²) in [5.41, 5.74) is 1.39. The first-order valence-electron chi connectivity index (χ1n) is 6.49. The molecule has 0 amide bonds. The van der Waals surface area contributed by atoms with E-state index in [9.17, 15) is 0 Å². The summed E-state index contributed by atoms with van der Waals surface area (Å²) in [6.07, 6.45) is 3.24. The molecular formula is C15H9ClN6S. The van der Waals surface area contributed by atoms with Crippen LogP contribution in [0.25, 0.3) is 0 Å². The summed E-state index contributed by atoms with van der Waals surface area (Å²) in [6.45, 7) is 0. The van der Waals surface area contributed by atoms with Crippen LogP contribution in [0.5, 0.6) is 0 Å². The van der Waals surface area contributed by atoms with Crippen LogP contribution in [-0.4, -0.2) is 19.9 Å². The second kappa shape index (κ2) is 7.05. The van der Waals surface area contributed by atoms with Crippen LogP contribution in [0.4, 0.5) is 11.6 Å². The Bertz CT molecular complexity index is 862. The van der Waals surface area contributed by atoms with Gasteiger partial charge in [0.1, 0.15) is 10.2 Å². The van der Waals surface area contributed by atoms with Crippen molar-refractivity contribution in [3.8, 4) is 6.07 Å². The van der Waals surface area contributed by atoms with Crippen LogP contribution < -0.4 is 5.32 Å². The van der Waals surface area contributed by atoms with Gasteiger partial charge in [0.25, 0.3) is 0 Å². The predicted molar refractivity (Wildman–Crippen MR) is 87.6 cm³/mol. The molecule has 0 radical (unpaired) electrons. The molecule has 8 heteroatoms. The minimum absolute atomic E-state index is 0.382. The van der Waals surface area contributed by atoms with Crippen molar-refractivity contribution in [3.05, 3.63) is 59.5 Å². The van der Waals surface area contributed by atoms with E-state index in [2.05, 4.69) is 31.3 Å². The predicted octanol–water partition coefficient (Wildman–Crippen LogP) is 3.69. The lowest BCUT2D eigenvalue weighted by Crippen LogP contribution is -1.97. The van der Waals surface area contributed by atoms with Gasteiger partial charge in [-0.25, -0.2) is 19.9 Å². The molecular weight excluding hydrogens is 332 g/mol. The number of hydrogen-bond donors (Lipinski definition) is 1. The van der Waals surface area contributed by atoms with Crippen LogP contribution in [0.3, 0.4) is 0 Å². The first-order chi connectivity index (χ1) is 11.2. The Morgan fingerprint density at radius 3 is 2.52 bits per heavy atom. The lowest BCUT2D eigenvalue weighted by atomic mass is 10.2. The molecule has 3 aromatic rings. The quantitative estimate of drug-likeness (QED) is 0.572. The Morgan fingerprint density at radius 1 is 1.00 bits per heavy atom. The van der Waals surface area contributed by atoms with Crippen molar-refractivity contribution in [1.82, 2.24) is 19.9 Å². The zero-order valence-corrected chi connectivity index (χ0v) is 13.2. The molecule has 3 rings (SSSR count). The van der Waals surface area contributed by atoms with Gasteiger partial charge in [-0.1, -0.05) is 11.6 Å². The normalized spacial score (nSPS) is 10.1. The van der Waals surface area contributed by atoms with Gasteiger partial charge in [-0.15, -0.1) is 0 Å². The molecule has 2 aromatic heterocycles. The fraction of sp³-hybridized carbons (Fsp3) is 0. The van der Waals surface area contributed by atoms with E-state index in [0.29, 0.717) is 26.8 Å². The van der Waals surface area contributed by atoms with Crippen molar-refractivity contribution in [2.24, 2.45) is 0 Å². The van der Waals surface area contributed by atoms with E-state index in [1.54, 1.807) is 48.8 Å². The third-order valence-corrected chi connectivity index (χ3v) is 3.72. The Balaban J connectivity index is 1.75. The zero-order chi connectivity index (χ0) is 16.1. The van der Waals surface area contributed by atoms with Crippen molar-refractivity contribution in [3.63, 3.8) is 0 Å². The van der Waals surface area contributed by atoms with Crippen LogP contribution >= 0.6 is 23.4 Å². The minimum Gasteiger partial charge on any atom is -0.324 e. The summed E-state index contributed by atoms with van der Waals surface area (Å²) in [6, 6.07) is 12.5. The number of nitrogens with zero attached hydrogens (tertiary/aromatic N) is 5. The SMILES string of the molecule is N#Cc1ccc(Nc2nccc(Sc3nccc(Cl)n3)n2)cc1. The topological polar surface area (TPSA) is 87.4 Å². The van der Waals surface area contributed by atoms with E-state index in [1.165, 1.54) is 11.8 Å². The summed E-state index contributed by atoms with van der Waals surface area (Å²) >= 11 is 7.13. The monoisotopic (exact) mass is 340 g/mol. The summed E-state index contributed by atoms with van der Waals surface area (Å²) in [4.78, 5) is 16.8. The number of benzene rings is 1. The largest absolute Gasteiger partial charge is 0.324 e. The van der Waals surface area contributed by atoms with Gasteiger partial charge in [-0.2, -0.15) is 5.26 Å². The number of rotatable bonds is 4. The Hall–Kier alpha value is -2.69. The van der Waals surface area contributed by atoms with Crippen LogP contribution in [0.15, 0.2) is 59.0 Å². The van der Waals surface area contributed by atoms with Gasteiger partial charge in [0.2, 0.25) is 5.95 Å². The van der Waals surface area contributed by atoms with Crippen molar-refractivity contribution in [1.29, 1.82) is 5.26 Å². The molecule has 1 aromatic carbocycles. The maximum absolute atomic E-state index is 8.80.